The topological polar surface area (TPSA) is 35.2 Å². The lowest BCUT2D eigenvalue weighted by Crippen LogP contribution is -2.20. The van der Waals surface area contributed by atoms with Gasteiger partial charge in [-0.2, -0.15) is 0 Å². The van der Waals surface area contributed by atoms with Gasteiger partial charge in [-0.3, -0.25) is 0 Å². The molecule has 1 rings (SSSR count). The van der Waals surface area contributed by atoms with Crippen LogP contribution in [0.2, 0.25) is 0 Å². The molecule has 0 bridgehead atoms. The van der Waals surface area contributed by atoms with Crippen LogP contribution < -0.4 is 5.73 Å². The van der Waals surface area contributed by atoms with Gasteiger partial charge in [-0.25, -0.2) is 0 Å². The summed E-state index contributed by atoms with van der Waals surface area (Å²) in [6.45, 7) is 4.97. The highest BCUT2D eigenvalue weighted by molar-refractivity contribution is 4.77. The summed E-state index contributed by atoms with van der Waals surface area (Å²) in [7, 11) is 0. The van der Waals surface area contributed by atoms with Crippen molar-refractivity contribution >= 4 is 0 Å². The Morgan fingerprint density at radius 3 is 2.44 bits per heavy atom. The first-order chi connectivity index (χ1) is 4.24. The van der Waals surface area contributed by atoms with Crippen LogP contribution in [0.25, 0.3) is 0 Å². The molecule has 0 spiro atoms. The van der Waals surface area contributed by atoms with Gasteiger partial charge in [0.15, 0.2) is 0 Å². The lowest BCUT2D eigenvalue weighted by molar-refractivity contribution is 0.0570. The van der Waals surface area contributed by atoms with Gasteiger partial charge in [0.05, 0.1) is 12.2 Å². The molecular formula is C7H15NO. The molecule has 2 heteroatoms. The molecule has 3 atom stereocenters. The SMILES string of the molecule is C[C@@H]1C[C@@H](CN)[C@@H](C)O1. The third-order valence-electron chi connectivity index (χ3n) is 2.05. The van der Waals surface area contributed by atoms with Gasteiger partial charge in [0.2, 0.25) is 0 Å². The van der Waals surface area contributed by atoms with Gasteiger partial charge in [-0.05, 0) is 32.7 Å². The van der Waals surface area contributed by atoms with E-state index in [4.69, 9.17) is 10.5 Å². The normalized spacial score (nSPS) is 43.7. The number of ether oxygens (including phenoxy) is 1. The van der Waals surface area contributed by atoms with E-state index in [1.54, 1.807) is 0 Å². The van der Waals surface area contributed by atoms with Crippen molar-refractivity contribution in [3.63, 3.8) is 0 Å². The summed E-state index contributed by atoms with van der Waals surface area (Å²) in [6, 6.07) is 0. The average Bonchev–Trinajstić information content (AvgIpc) is 2.10. The minimum absolute atomic E-state index is 0.380. The lowest BCUT2D eigenvalue weighted by atomic mass is 10.0. The number of hydrogen-bond acceptors (Lipinski definition) is 2. The van der Waals surface area contributed by atoms with E-state index in [9.17, 15) is 0 Å². The first-order valence-corrected chi connectivity index (χ1v) is 3.59. The van der Waals surface area contributed by atoms with Crippen molar-refractivity contribution in [2.24, 2.45) is 11.7 Å². The molecular weight excluding hydrogens is 114 g/mol. The predicted molar refractivity (Wildman–Crippen MR) is 37.2 cm³/mol. The van der Waals surface area contributed by atoms with Crippen molar-refractivity contribution in [3.05, 3.63) is 0 Å². The van der Waals surface area contributed by atoms with Gasteiger partial charge >= 0.3 is 0 Å². The molecule has 1 aliphatic rings. The highest BCUT2D eigenvalue weighted by Gasteiger charge is 2.27. The zero-order valence-corrected chi connectivity index (χ0v) is 6.13. The highest BCUT2D eigenvalue weighted by atomic mass is 16.5. The zero-order valence-electron chi connectivity index (χ0n) is 6.13. The van der Waals surface area contributed by atoms with Crippen LogP contribution in [0.1, 0.15) is 20.3 Å². The minimum atomic E-state index is 0.380. The molecule has 0 aromatic rings. The second kappa shape index (κ2) is 2.67. The van der Waals surface area contributed by atoms with Crippen LogP contribution in [0.5, 0.6) is 0 Å². The standard InChI is InChI=1S/C7H15NO/c1-5-3-7(4-8)6(2)9-5/h5-7H,3-4,8H2,1-2H3/t5-,6-,7+/m1/s1. The highest BCUT2D eigenvalue weighted by Crippen LogP contribution is 2.24. The van der Waals surface area contributed by atoms with E-state index in [1.165, 1.54) is 0 Å². The van der Waals surface area contributed by atoms with E-state index in [2.05, 4.69) is 13.8 Å². The van der Waals surface area contributed by atoms with Gasteiger partial charge in [0, 0.05) is 0 Å². The molecule has 1 heterocycles. The van der Waals surface area contributed by atoms with E-state index in [-0.39, 0.29) is 0 Å². The molecule has 1 saturated heterocycles. The third-order valence-corrected chi connectivity index (χ3v) is 2.05. The van der Waals surface area contributed by atoms with E-state index in [0.29, 0.717) is 18.1 Å². The molecule has 1 aliphatic heterocycles. The predicted octanol–water partition coefficient (Wildman–Crippen LogP) is 0.759. The van der Waals surface area contributed by atoms with Crippen LogP contribution in [-0.4, -0.2) is 18.8 Å². The molecule has 0 radical (unpaired) electrons. The quantitative estimate of drug-likeness (QED) is 0.567. The third kappa shape index (κ3) is 1.43. The molecule has 9 heavy (non-hydrogen) atoms. The molecule has 54 valence electrons. The minimum Gasteiger partial charge on any atom is -0.375 e. The lowest BCUT2D eigenvalue weighted by Gasteiger charge is -2.09. The van der Waals surface area contributed by atoms with Crippen molar-refractivity contribution in [2.45, 2.75) is 32.5 Å². The molecule has 0 saturated carbocycles. The Balaban J connectivity index is 2.38. The fraction of sp³-hybridized carbons (Fsp3) is 1.00. The van der Waals surface area contributed by atoms with Gasteiger partial charge in [-0.15, -0.1) is 0 Å². The second-order valence-electron chi connectivity index (χ2n) is 2.88. The first-order valence-electron chi connectivity index (χ1n) is 3.59. The Morgan fingerprint density at radius 1 is 1.56 bits per heavy atom. The average molecular weight is 129 g/mol. The van der Waals surface area contributed by atoms with Crippen molar-refractivity contribution in [1.82, 2.24) is 0 Å². The van der Waals surface area contributed by atoms with Crippen LogP contribution in [0, 0.1) is 5.92 Å². The molecule has 2 N–H and O–H groups in total. The van der Waals surface area contributed by atoms with Crippen LogP contribution in [0.3, 0.4) is 0 Å². The maximum absolute atomic E-state index is 5.51. The summed E-state index contributed by atoms with van der Waals surface area (Å²) in [5.41, 5.74) is 5.51. The molecule has 0 aromatic carbocycles. The number of hydrogen-bond donors (Lipinski definition) is 1. The van der Waals surface area contributed by atoms with Gasteiger partial charge < -0.3 is 10.5 Å². The summed E-state index contributed by atoms with van der Waals surface area (Å²) in [4.78, 5) is 0. The fourth-order valence-electron chi connectivity index (χ4n) is 1.44. The van der Waals surface area contributed by atoms with Crippen LogP contribution in [-0.2, 0) is 4.74 Å². The largest absolute Gasteiger partial charge is 0.375 e. The Hall–Kier alpha value is -0.0800. The summed E-state index contributed by atoms with van der Waals surface area (Å²) >= 11 is 0. The van der Waals surface area contributed by atoms with Crippen LogP contribution in [0.4, 0.5) is 0 Å². The molecule has 0 amide bonds. The van der Waals surface area contributed by atoms with Crippen molar-refractivity contribution in [1.29, 1.82) is 0 Å². The fourth-order valence-corrected chi connectivity index (χ4v) is 1.44. The van der Waals surface area contributed by atoms with Crippen LogP contribution in [0.15, 0.2) is 0 Å². The van der Waals surface area contributed by atoms with E-state index in [0.717, 1.165) is 13.0 Å². The maximum Gasteiger partial charge on any atom is 0.0591 e. The molecule has 1 fully saturated rings. The maximum atomic E-state index is 5.51. The smallest absolute Gasteiger partial charge is 0.0591 e. The van der Waals surface area contributed by atoms with Crippen LogP contribution >= 0.6 is 0 Å². The summed E-state index contributed by atoms with van der Waals surface area (Å²) in [5.74, 6) is 0.597. The molecule has 0 unspecified atom stereocenters. The first kappa shape index (κ1) is 7.03. The Morgan fingerprint density at radius 2 is 2.22 bits per heavy atom. The summed E-state index contributed by atoms with van der Waals surface area (Å²) < 4.78 is 5.48. The van der Waals surface area contributed by atoms with Gasteiger partial charge in [-0.1, -0.05) is 0 Å². The van der Waals surface area contributed by atoms with Gasteiger partial charge in [0.1, 0.15) is 0 Å². The summed E-state index contributed by atoms with van der Waals surface area (Å²) in [6.07, 6.45) is 1.94. The van der Waals surface area contributed by atoms with Gasteiger partial charge in [0.25, 0.3) is 0 Å². The van der Waals surface area contributed by atoms with Crippen molar-refractivity contribution < 1.29 is 4.74 Å². The van der Waals surface area contributed by atoms with E-state index >= 15 is 0 Å². The Labute approximate surface area is 56.4 Å². The molecule has 0 aromatic heterocycles. The molecule has 2 nitrogen and oxygen atoms in total. The Kier molecular flexibility index (Phi) is 2.09. The molecule has 0 aliphatic carbocycles. The number of nitrogens with two attached hydrogens (primary N) is 1. The number of rotatable bonds is 1. The second-order valence-corrected chi connectivity index (χ2v) is 2.88. The Bertz CT molecular complexity index is 94.9. The monoisotopic (exact) mass is 129 g/mol. The van der Waals surface area contributed by atoms with E-state index < -0.39 is 0 Å². The van der Waals surface area contributed by atoms with E-state index in [1.807, 2.05) is 0 Å². The van der Waals surface area contributed by atoms with Crippen molar-refractivity contribution in [3.8, 4) is 0 Å². The zero-order chi connectivity index (χ0) is 6.85. The summed E-state index contributed by atoms with van der Waals surface area (Å²) in [5, 5.41) is 0. The van der Waals surface area contributed by atoms with Crippen molar-refractivity contribution in [2.75, 3.05) is 6.54 Å².